The third kappa shape index (κ3) is 5.05. The van der Waals surface area contributed by atoms with Crippen LogP contribution in [0.25, 0.3) is 6.08 Å². The summed E-state index contributed by atoms with van der Waals surface area (Å²) in [5, 5.41) is 2.56. The Morgan fingerprint density at radius 2 is 1.64 bits per heavy atom. The molecule has 0 fully saturated rings. The first-order valence-corrected chi connectivity index (χ1v) is 7.78. The zero-order valence-electron chi connectivity index (χ0n) is 13.4. The van der Waals surface area contributed by atoms with Crippen molar-refractivity contribution in [2.24, 2.45) is 0 Å². The summed E-state index contributed by atoms with van der Waals surface area (Å²) in [5.74, 6) is -1.26. The predicted octanol–water partition coefficient (Wildman–Crippen LogP) is 3.27. The van der Waals surface area contributed by atoms with E-state index < -0.39 is 17.8 Å². The van der Waals surface area contributed by atoms with E-state index in [1.165, 1.54) is 44.6 Å². The Balaban J connectivity index is 2.22. The molecule has 0 aliphatic carbocycles. The second-order valence-electron chi connectivity index (χ2n) is 4.75. The molecule has 1 amide bonds. The topological polar surface area (TPSA) is 94.8 Å². The molecule has 2 aromatic rings. The molecule has 0 spiro atoms. The molecule has 0 atom stereocenters. The van der Waals surface area contributed by atoms with Gasteiger partial charge < -0.3 is 19.2 Å². The van der Waals surface area contributed by atoms with Crippen LogP contribution in [0.5, 0.6) is 0 Å². The van der Waals surface area contributed by atoms with Gasteiger partial charge in [-0.15, -0.1) is 0 Å². The molecule has 0 saturated carbocycles. The van der Waals surface area contributed by atoms with Crippen molar-refractivity contribution in [2.75, 3.05) is 19.5 Å². The summed E-state index contributed by atoms with van der Waals surface area (Å²) in [4.78, 5) is 35.4. The lowest BCUT2D eigenvalue weighted by atomic mass is 10.1. The molecule has 1 aromatic heterocycles. The van der Waals surface area contributed by atoms with Crippen LogP contribution in [0.15, 0.2) is 45.5 Å². The number of methoxy groups -OCH3 is 2. The van der Waals surface area contributed by atoms with Gasteiger partial charge in [0.25, 0.3) is 0 Å². The van der Waals surface area contributed by atoms with Crippen molar-refractivity contribution in [1.82, 2.24) is 0 Å². The van der Waals surface area contributed by atoms with E-state index in [1.807, 2.05) is 0 Å². The molecule has 0 aliphatic rings. The van der Waals surface area contributed by atoms with Crippen LogP contribution in [-0.2, 0) is 14.3 Å². The maximum atomic E-state index is 12.0. The third-order valence-electron chi connectivity index (χ3n) is 3.04. The largest absolute Gasteiger partial charge is 0.465 e. The molecule has 8 heteroatoms. The van der Waals surface area contributed by atoms with Gasteiger partial charge in [0, 0.05) is 11.8 Å². The van der Waals surface area contributed by atoms with Gasteiger partial charge in [-0.3, -0.25) is 4.79 Å². The van der Waals surface area contributed by atoms with Gasteiger partial charge in [-0.1, -0.05) is 0 Å². The number of hydrogen-bond acceptors (Lipinski definition) is 6. The number of anilines is 1. The van der Waals surface area contributed by atoms with E-state index in [1.54, 1.807) is 12.1 Å². The maximum absolute atomic E-state index is 12.0. The van der Waals surface area contributed by atoms with Gasteiger partial charge in [0.2, 0.25) is 5.91 Å². The summed E-state index contributed by atoms with van der Waals surface area (Å²) in [5.41, 5.74) is 0.470. The van der Waals surface area contributed by atoms with Crippen molar-refractivity contribution in [2.45, 2.75) is 0 Å². The molecule has 1 heterocycles. The second-order valence-corrected chi connectivity index (χ2v) is 5.53. The number of furan rings is 1. The van der Waals surface area contributed by atoms with Crippen molar-refractivity contribution in [3.8, 4) is 0 Å². The van der Waals surface area contributed by atoms with Crippen LogP contribution in [0.1, 0.15) is 26.5 Å². The van der Waals surface area contributed by atoms with E-state index >= 15 is 0 Å². The quantitative estimate of drug-likeness (QED) is 0.603. The van der Waals surface area contributed by atoms with Crippen molar-refractivity contribution < 1.29 is 28.3 Å². The van der Waals surface area contributed by atoms with Gasteiger partial charge in [0.05, 0.1) is 25.3 Å². The number of hydrogen-bond donors (Lipinski definition) is 1. The minimum Gasteiger partial charge on any atom is -0.465 e. The maximum Gasteiger partial charge on any atom is 0.337 e. The normalized spacial score (nSPS) is 10.5. The van der Waals surface area contributed by atoms with Crippen LogP contribution in [0.3, 0.4) is 0 Å². The summed E-state index contributed by atoms with van der Waals surface area (Å²) >= 11 is 3.16. The first-order valence-electron chi connectivity index (χ1n) is 6.99. The van der Waals surface area contributed by atoms with Crippen LogP contribution in [0.2, 0.25) is 0 Å². The first kappa shape index (κ1) is 18.5. The Hall–Kier alpha value is -2.87. The summed E-state index contributed by atoms with van der Waals surface area (Å²) in [7, 11) is 2.44. The fourth-order valence-corrected chi connectivity index (χ4v) is 2.25. The van der Waals surface area contributed by atoms with Gasteiger partial charge in [-0.25, -0.2) is 9.59 Å². The lowest BCUT2D eigenvalue weighted by Crippen LogP contribution is -2.12. The minimum absolute atomic E-state index is 0.111. The summed E-state index contributed by atoms with van der Waals surface area (Å²) in [6.07, 6.45) is 2.74. The van der Waals surface area contributed by atoms with Crippen molar-refractivity contribution >= 4 is 45.5 Å². The summed E-state index contributed by atoms with van der Waals surface area (Å²) in [6, 6.07) is 7.49. The number of nitrogens with one attached hydrogen (secondary N) is 1. The molecule has 0 unspecified atom stereocenters. The number of halogens is 1. The highest BCUT2D eigenvalue weighted by Crippen LogP contribution is 2.18. The average molecular weight is 408 g/mol. The van der Waals surface area contributed by atoms with Crippen molar-refractivity contribution in [1.29, 1.82) is 0 Å². The highest BCUT2D eigenvalue weighted by Gasteiger charge is 2.14. The Kier molecular flexibility index (Phi) is 6.13. The van der Waals surface area contributed by atoms with Crippen LogP contribution >= 0.6 is 15.9 Å². The number of amides is 1. The highest BCUT2D eigenvalue weighted by atomic mass is 79.9. The molecular formula is C17H14BrNO6. The Morgan fingerprint density at radius 3 is 2.12 bits per heavy atom. The standard InChI is InChI=1S/C17H14BrNO6/c1-23-16(21)10-7-11(17(22)24-2)9-12(8-10)19-15(20)6-4-13-3-5-14(18)25-13/h3-9H,1-2H3,(H,19,20)/b6-4+. The Morgan fingerprint density at radius 1 is 1.04 bits per heavy atom. The van der Waals surface area contributed by atoms with E-state index in [0.717, 1.165) is 0 Å². The van der Waals surface area contributed by atoms with E-state index in [-0.39, 0.29) is 16.8 Å². The molecule has 130 valence electrons. The SMILES string of the molecule is COC(=O)c1cc(NC(=O)/C=C/c2ccc(Br)o2)cc(C(=O)OC)c1. The molecule has 1 N–H and O–H groups in total. The van der Waals surface area contributed by atoms with Crippen molar-refractivity contribution in [3.63, 3.8) is 0 Å². The molecular weight excluding hydrogens is 394 g/mol. The van der Waals surface area contributed by atoms with Gasteiger partial charge in [0.1, 0.15) is 5.76 Å². The number of esters is 2. The number of ether oxygens (including phenoxy) is 2. The zero-order chi connectivity index (χ0) is 18.4. The molecule has 0 radical (unpaired) electrons. The first-order chi connectivity index (χ1) is 11.9. The minimum atomic E-state index is -0.641. The van der Waals surface area contributed by atoms with Gasteiger partial charge in [-0.2, -0.15) is 0 Å². The monoisotopic (exact) mass is 407 g/mol. The number of carbonyl (C=O) groups excluding carboxylic acids is 3. The van der Waals surface area contributed by atoms with E-state index in [4.69, 9.17) is 4.42 Å². The summed E-state index contributed by atoms with van der Waals surface area (Å²) in [6.45, 7) is 0. The molecule has 0 bridgehead atoms. The Labute approximate surface area is 151 Å². The van der Waals surface area contributed by atoms with E-state index in [2.05, 4.69) is 30.7 Å². The molecule has 7 nitrogen and oxygen atoms in total. The zero-order valence-corrected chi connectivity index (χ0v) is 15.0. The lowest BCUT2D eigenvalue weighted by Gasteiger charge is -2.08. The molecule has 0 saturated heterocycles. The van der Waals surface area contributed by atoms with Crippen LogP contribution in [-0.4, -0.2) is 32.1 Å². The van der Waals surface area contributed by atoms with Gasteiger partial charge >= 0.3 is 11.9 Å². The third-order valence-corrected chi connectivity index (χ3v) is 3.46. The average Bonchev–Trinajstić information content (AvgIpc) is 3.03. The highest BCUT2D eigenvalue weighted by molar-refractivity contribution is 9.10. The van der Waals surface area contributed by atoms with Crippen LogP contribution < -0.4 is 5.32 Å². The number of carbonyl (C=O) groups is 3. The van der Waals surface area contributed by atoms with E-state index in [0.29, 0.717) is 10.4 Å². The predicted molar refractivity (Wildman–Crippen MR) is 93.2 cm³/mol. The van der Waals surface area contributed by atoms with E-state index in [9.17, 15) is 14.4 Å². The van der Waals surface area contributed by atoms with Crippen LogP contribution in [0.4, 0.5) is 5.69 Å². The lowest BCUT2D eigenvalue weighted by molar-refractivity contribution is -0.111. The molecule has 25 heavy (non-hydrogen) atoms. The Bertz CT molecular complexity index is 805. The van der Waals surface area contributed by atoms with Gasteiger partial charge in [0.15, 0.2) is 4.67 Å². The molecule has 0 aliphatic heterocycles. The molecule has 2 rings (SSSR count). The number of rotatable bonds is 5. The fraction of sp³-hybridized carbons (Fsp3) is 0.118. The summed E-state index contributed by atoms with van der Waals surface area (Å²) < 4.78 is 15.1. The smallest absolute Gasteiger partial charge is 0.337 e. The second kappa shape index (κ2) is 8.29. The van der Waals surface area contributed by atoms with Gasteiger partial charge in [-0.05, 0) is 52.3 Å². The fourth-order valence-electron chi connectivity index (χ4n) is 1.93. The molecule has 1 aromatic carbocycles. The van der Waals surface area contributed by atoms with Crippen LogP contribution in [0, 0.1) is 0 Å². The number of benzene rings is 1. The van der Waals surface area contributed by atoms with Crippen molar-refractivity contribution in [3.05, 3.63) is 58.0 Å².